The number of aryl methyl sites for hydroxylation is 1. The summed E-state index contributed by atoms with van der Waals surface area (Å²) in [5.74, 6) is -0.194. The van der Waals surface area contributed by atoms with E-state index in [0.29, 0.717) is 11.4 Å². The van der Waals surface area contributed by atoms with E-state index < -0.39 is 0 Å². The summed E-state index contributed by atoms with van der Waals surface area (Å²) in [7, 11) is 1.85. The van der Waals surface area contributed by atoms with Crippen molar-refractivity contribution in [3.05, 3.63) is 64.3 Å². The Kier molecular flexibility index (Phi) is 4.99. The van der Waals surface area contributed by atoms with Crippen LogP contribution in [0.15, 0.2) is 53.0 Å². The number of nitrogens with zero attached hydrogens (tertiary/aromatic N) is 2. The van der Waals surface area contributed by atoms with E-state index in [9.17, 15) is 14.4 Å². The van der Waals surface area contributed by atoms with Gasteiger partial charge in [-0.3, -0.25) is 19.3 Å². The van der Waals surface area contributed by atoms with Crippen molar-refractivity contribution in [3.8, 4) is 0 Å². The number of anilines is 1. The van der Waals surface area contributed by atoms with Gasteiger partial charge >= 0.3 is 0 Å². The minimum Gasteiger partial charge on any atom is -0.339 e. The van der Waals surface area contributed by atoms with Crippen LogP contribution in [0.25, 0.3) is 10.9 Å². The standard InChI is InChI=1S/C20H16BrN3O3S/c1-23-15-5-3-2-4-14(15)17(21)18(23)19(26)22-13-8-6-12(7-9-13)10-24-16(25)11-28-20(24)27/h2-9H,10-11H2,1H3,(H,22,26). The molecule has 28 heavy (non-hydrogen) atoms. The largest absolute Gasteiger partial charge is 0.339 e. The zero-order chi connectivity index (χ0) is 19.8. The van der Waals surface area contributed by atoms with Gasteiger partial charge in [0.05, 0.1) is 16.8 Å². The molecule has 1 aliphatic heterocycles. The molecule has 0 radical (unpaired) electrons. The van der Waals surface area contributed by atoms with E-state index in [1.807, 2.05) is 35.9 Å². The molecule has 1 aliphatic rings. The van der Waals surface area contributed by atoms with Crippen LogP contribution in [0.4, 0.5) is 10.5 Å². The minimum atomic E-state index is -0.223. The smallest absolute Gasteiger partial charge is 0.289 e. The van der Waals surface area contributed by atoms with Gasteiger partial charge in [0.2, 0.25) is 5.91 Å². The second kappa shape index (κ2) is 7.44. The zero-order valence-electron chi connectivity index (χ0n) is 14.9. The maximum Gasteiger partial charge on any atom is 0.289 e. The van der Waals surface area contributed by atoms with Crippen molar-refractivity contribution in [1.82, 2.24) is 9.47 Å². The van der Waals surface area contributed by atoms with E-state index in [2.05, 4.69) is 21.2 Å². The highest BCUT2D eigenvalue weighted by Crippen LogP contribution is 2.30. The fourth-order valence-corrected chi connectivity index (χ4v) is 4.71. The molecule has 3 aromatic rings. The van der Waals surface area contributed by atoms with Crippen LogP contribution >= 0.6 is 27.7 Å². The fraction of sp³-hybridized carbons (Fsp3) is 0.150. The number of carbonyl (C=O) groups is 3. The second-order valence-electron chi connectivity index (χ2n) is 6.42. The Morgan fingerprint density at radius 3 is 2.50 bits per heavy atom. The number of halogens is 1. The number of nitrogens with one attached hydrogen (secondary N) is 1. The molecule has 0 bridgehead atoms. The van der Waals surface area contributed by atoms with Crippen LogP contribution in [0.3, 0.4) is 0 Å². The van der Waals surface area contributed by atoms with E-state index in [-0.39, 0.29) is 29.4 Å². The molecule has 0 unspecified atom stereocenters. The molecule has 1 aromatic heterocycles. The third-order valence-electron chi connectivity index (χ3n) is 4.65. The zero-order valence-corrected chi connectivity index (χ0v) is 17.3. The lowest BCUT2D eigenvalue weighted by molar-refractivity contribution is -0.125. The summed E-state index contributed by atoms with van der Waals surface area (Å²) >= 11 is 4.56. The SMILES string of the molecule is Cn1c(C(=O)Nc2ccc(CN3C(=O)CSC3=O)cc2)c(Br)c2ccccc21. The Labute approximate surface area is 174 Å². The number of hydrogen-bond acceptors (Lipinski definition) is 4. The second-order valence-corrected chi connectivity index (χ2v) is 8.14. The Hall–Kier alpha value is -2.58. The van der Waals surface area contributed by atoms with Crippen molar-refractivity contribution in [1.29, 1.82) is 0 Å². The van der Waals surface area contributed by atoms with Gasteiger partial charge in [-0.25, -0.2) is 0 Å². The Balaban J connectivity index is 1.51. The molecule has 1 N–H and O–H groups in total. The van der Waals surface area contributed by atoms with Gasteiger partial charge in [0.15, 0.2) is 0 Å². The Morgan fingerprint density at radius 1 is 1.14 bits per heavy atom. The molecule has 6 nitrogen and oxygen atoms in total. The van der Waals surface area contributed by atoms with Crippen LogP contribution in [-0.2, 0) is 18.4 Å². The maximum atomic E-state index is 12.8. The van der Waals surface area contributed by atoms with Gasteiger partial charge in [-0.05, 0) is 39.7 Å². The summed E-state index contributed by atoms with van der Waals surface area (Å²) in [6.07, 6.45) is 0. The molecule has 0 saturated carbocycles. The van der Waals surface area contributed by atoms with E-state index in [4.69, 9.17) is 0 Å². The lowest BCUT2D eigenvalue weighted by atomic mass is 10.2. The van der Waals surface area contributed by atoms with Crippen LogP contribution in [0.1, 0.15) is 16.1 Å². The molecule has 1 saturated heterocycles. The van der Waals surface area contributed by atoms with Crippen molar-refractivity contribution in [2.24, 2.45) is 7.05 Å². The number of aromatic nitrogens is 1. The summed E-state index contributed by atoms with van der Waals surface area (Å²) in [4.78, 5) is 37.5. The van der Waals surface area contributed by atoms with Crippen LogP contribution < -0.4 is 5.32 Å². The molecular weight excluding hydrogens is 442 g/mol. The first-order valence-corrected chi connectivity index (χ1v) is 10.3. The lowest BCUT2D eigenvalue weighted by Gasteiger charge is -2.13. The van der Waals surface area contributed by atoms with Gasteiger partial charge in [-0.2, -0.15) is 0 Å². The van der Waals surface area contributed by atoms with Gasteiger partial charge in [-0.15, -0.1) is 0 Å². The van der Waals surface area contributed by atoms with Crippen LogP contribution in [0.5, 0.6) is 0 Å². The van der Waals surface area contributed by atoms with Gasteiger partial charge in [-0.1, -0.05) is 42.1 Å². The van der Waals surface area contributed by atoms with Crippen molar-refractivity contribution < 1.29 is 14.4 Å². The quantitative estimate of drug-likeness (QED) is 0.630. The van der Waals surface area contributed by atoms with Gasteiger partial charge < -0.3 is 9.88 Å². The summed E-state index contributed by atoms with van der Waals surface area (Å²) in [6.45, 7) is 0.244. The van der Waals surface area contributed by atoms with Gasteiger partial charge in [0.25, 0.3) is 11.1 Å². The van der Waals surface area contributed by atoms with Crippen molar-refractivity contribution >= 4 is 61.3 Å². The van der Waals surface area contributed by atoms with Crippen molar-refractivity contribution in [2.75, 3.05) is 11.1 Å². The molecule has 8 heteroatoms. The predicted molar refractivity (Wildman–Crippen MR) is 113 cm³/mol. The summed E-state index contributed by atoms with van der Waals surface area (Å²) in [5, 5.41) is 3.65. The highest BCUT2D eigenvalue weighted by atomic mass is 79.9. The maximum absolute atomic E-state index is 12.8. The first-order chi connectivity index (χ1) is 13.5. The van der Waals surface area contributed by atoms with Gasteiger partial charge in [0, 0.05) is 23.6 Å². The third kappa shape index (κ3) is 3.33. The van der Waals surface area contributed by atoms with E-state index in [0.717, 1.165) is 32.7 Å². The summed E-state index contributed by atoms with van der Waals surface area (Å²) in [6, 6.07) is 14.9. The van der Waals surface area contributed by atoms with Gasteiger partial charge in [0.1, 0.15) is 5.69 Å². The Bertz CT molecular complexity index is 1050. The minimum absolute atomic E-state index is 0.173. The normalized spacial score (nSPS) is 14.1. The van der Waals surface area contributed by atoms with Crippen molar-refractivity contribution in [2.45, 2.75) is 6.54 Å². The van der Waals surface area contributed by atoms with E-state index >= 15 is 0 Å². The summed E-state index contributed by atoms with van der Waals surface area (Å²) in [5.41, 5.74) is 2.97. The first-order valence-electron chi connectivity index (χ1n) is 8.56. The average Bonchev–Trinajstić information content (AvgIpc) is 3.14. The molecule has 0 aliphatic carbocycles. The number of hydrogen-bond donors (Lipinski definition) is 1. The number of para-hydroxylation sites is 1. The van der Waals surface area contributed by atoms with E-state index in [1.54, 1.807) is 24.3 Å². The van der Waals surface area contributed by atoms with Crippen LogP contribution in [0, 0.1) is 0 Å². The highest BCUT2D eigenvalue weighted by molar-refractivity contribution is 9.10. The van der Waals surface area contributed by atoms with Crippen molar-refractivity contribution in [3.63, 3.8) is 0 Å². The highest BCUT2D eigenvalue weighted by Gasteiger charge is 2.29. The number of fused-ring (bicyclic) bond motifs is 1. The third-order valence-corrected chi connectivity index (χ3v) is 6.31. The number of rotatable bonds is 4. The Morgan fingerprint density at radius 2 is 1.86 bits per heavy atom. The molecule has 2 aromatic carbocycles. The molecule has 142 valence electrons. The number of imide groups is 1. The molecule has 1 fully saturated rings. The average molecular weight is 458 g/mol. The molecule has 4 rings (SSSR count). The van der Waals surface area contributed by atoms with E-state index in [1.165, 1.54) is 4.90 Å². The number of amides is 3. The molecule has 2 heterocycles. The summed E-state index contributed by atoms with van der Waals surface area (Å²) < 4.78 is 2.61. The lowest BCUT2D eigenvalue weighted by Crippen LogP contribution is -2.27. The molecule has 0 atom stereocenters. The number of carbonyl (C=O) groups excluding carboxylic acids is 3. The molecular formula is C20H16BrN3O3S. The number of benzene rings is 2. The molecule has 0 spiro atoms. The fourth-order valence-electron chi connectivity index (χ4n) is 3.20. The van der Waals surface area contributed by atoms with Crippen LogP contribution in [-0.4, -0.2) is 32.3 Å². The van der Waals surface area contributed by atoms with Crippen LogP contribution in [0.2, 0.25) is 0 Å². The monoisotopic (exact) mass is 457 g/mol. The molecule has 3 amide bonds. The number of thioether (sulfide) groups is 1. The predicted octanol–water partition coefficient (Wildman–Crippen LogP) is 4.39. The topological polar surface area (TPSA) is 71.4 Å². The first kappa shape index (κ1) is 18.8.